The molecule has 1 aliphatic carbocycles. The normalized spacial score (nSPS) is 17.5. The molecule has 3 heteroatoms. The maximum Gasteiger partial charge on any atom is 0.223 e. The van der Waals surface area contributed by atoms with Crippen molar-refractivity contribution in [2.45, 2.75) is 58.0 Å². The Balaban J connectivity index is 2.12. The molecule has 1 saturated carbocycles. The van der Waals surface area contributed by atoms with Crippen LogP contribution in [0.5, 0.6) is 0 Å². The van der Waals surface area contributed by atoms with E-state index in [1.54, 1.807) is 0 Å². The lowest BCUT2D eigenvalue weighted by Gasteiger charge is -2.24. The first-order valence-corrected chi connectivity index (χ1v) is 6.14. The molecule has 1 aliphatic rings. The van der Waals surface area contributed by atoms with Gasteiger partial charge in [0.25, 0.3) is 0 Å². The summed E-state index contributed by atoms with van der Waals surface area (Å²) in [6, 6.07) is 1.08. The Labute approximate surface area is 93.2 Å². The zero-order chi connectivity index (χ0) is 11.3. The van der Waals surface area contributed by atoms with Gasteiger partial charge >= 0.3 is 0 Å². The molecule has 1 N–H and O–H groups in total. The molecule has 0 radical (unpaired) electrons. The number of carbonyl (C=O) groups is 1. The molecule has 0 saturated heterocycles. The second-order valence-corrected chi connectivity index (χ2v) is 4.62. The van der Waals surface area contributed by atoms with Gasteiger partial charge in [0.15, 0.2) is 0 Å². The molecule has 1 amide bonds. The second-order valence-electron chi connectivity index (χ2n) is 4.62. The van der Waals surface area contributed by atoms with Crippen LogP contribution < -0.4 is 5.32 Å². The summed E-state index contributed by atoms with van der Waals surface area (Å²) < 4.78 is 0. The maximum absolute atomic E-state index is 11.7. The first-order chi connectivity index (χ1) is 7.15. The zero-order valence-corrected chi connectivity index (χ0v) is 10.3. The molecule has 1 atom stereocenters. The number of rotatable bonds is 7. The third kappa shape index (κ3) is 4.65. The van der Waals surface area contributed by atoms with Gasteiger partial charge in [-0.1, -0.05) is 13.3 Å². The van der Waals surface area contributed by atoms with Gasteiger partial charge in [-0.25, -0.2) is 0 Å². The van der Waals surface area contributed by atoms with Gasteiger partial charge in [0.1, 0.15) is 0 Å². The molecule has 15 heavy (non-hydrogen) atoms. The van der Waals surface area contributed by atoms with Crippen LogP contribution in [0.4, 0.5) is 0 Å². The summed E-state index contributed by atoms with van der Waals surface area (Å²) >= 11 is 0. The number of carbonyl (C=O) groups excluding carboxylic acids is 1. The zero-order valence-electron chi connectivity index (χ0n) is 10.3. The Morgan fingerprint density at radius 2 is 2.20 bits per heavy atom. The monoisotopic (exact) mass is 212 g/mol. The van der Waals surface area contributed by atoms with Gasteiger partial charge in [-0.15, -0.1) is 0 Å². The SMILES string of the molecule is CCCC(C)N(C)C(=O)CCNC1CC1. The highest BCUT2D eigenvalue weighted by molar-refractivity contribution is 5.76. The van der Waals surface area contributed by atoms with E-state index < -0.39 is 0 Å². The largest absolute Gasteiger partial charge is 0.343 e. The van der Waals surface area contributed by atoms with Crippen LogP contribution in [-0.2, 0) is 4.79 Å². The van der Waals surface area contributed by atoms with E-state index >= 15 is 0 Å². The highest BCUT2D eigenvalue weighted by Gasteiger charge is 2.21. The van der Waals surface area contributed by atoms with Crippen LogP contribution in [0, 0.1) is 0 Å². The van der Waals surface area contributed by atoms with Gasteiger partial charge < -0.3 is 10.2 Å². The molecule has 0 aromatic carbocycles. The molecule has 0 aliphatic heterocycles. The van der Waals surface area contributed by atoms with E-state index in [-0.39, 0.29) is 5.91 Å². The fraction of sp³-hybridized carbons (Fsp3) is 0.917. The van der Waals surface area contributed by atoms with E-state index in [0.29, 0.717) is 18.5 Å². The fourth-order valence-electron chi connectivity index (χ4n) is 1.70. The summed E-state index contributed by atoms with van der Waals surface area (Å²) in [5, 5.41) is 3.37. The lowest BCUT2D eigenvalue weighted by atomic mass is 10.1. The third-order valence-corrected chi connectivity index (χ3v) is 3.11. The van der Waals surface area contributed by atoms with Crippen LogP contribution >= 0.6 is 0 Å². The van der Waals surface area contributed by atoms with E-state index in [1.807, 2.05) is 11.9 Å². The van der Waals surface area contributed by atoms with Crippen LogP contribution in [0.3, 0.4) is 0 Å². The molecular weight excluding hydrogens is 188 g/mol. The van der Waals surface area contributed by atoms with Crippen LogP contribution in [0.15, 0.2) is 0 Å². The Morgan fingerprint density at radius 3 is 2.73 bits per heavy atom. The van der Waals surface area contributed by atoms with Crippen LogP contribution in [0.1, 0.15) is 46.0 Å². The van der Waals surface area contributed by atoms with Crippen molar-refractivity contribution < 1.29 is 4.79 Å². The molecule has 1 rings (SSSR count). The fourth-order valence-corrected chi connectivity index (χ4v) is 1.70. The van der Waals surface area contributed by atoms with Crippen LogP contribution in [-0.4, -0.2) is 36.5 Å². The summed E-state index contributed by atoms with van der Waals surface area (Å²) in [7, 11) is 1.92. The van der Waals surface area contributed by atoms with Crippen molar-refractivity contribution >= 4 is 5.91 Å². The standard InChI is InChI=1S/C12H24N2O/c1-4-5-10(2)14(3)12(15)8-9-13-11-6-7-11/h10-11,13H,4-9H2,1-3H3. The molecule has 0 spiro atoms. The molecule has 0 aromatic heterocycles. The average Bonchev–Trinajstić information content (AvgIpc) is 3.00. The number of hydrogen-bond donors (Lipinski definition) is 1. The number of nitrogens with zero attached hydrogens (tertiary/aromatic N) is 1. The summed E-state index contributed by atoms with van der Waals surface area (Å²) in [5.41, 5.74) is 0. The Hall–Kier alpha value is -0.570. The Kier molecular flexibility index (Phi) is 5.09. The summed E-state index contributed by atoms with van der Waals surface area (Å²) in [6.45, 7) is 5.12. The molecule has 0 bridgehead atoms. The van der Waals surface area contributed by atoms with Crippen molar-refractivity contribution in [3.05, 3.63) is 0 Å². The molecular formula is C12H24N2O. The van der Waals surface area contributed by atoms with Gasteiger partial charge in [0.05, 0.1) is 0 Å². The van der Waals surface area contributed by atoms with Crippen LogP contribution in [0.25, 0.3) is 0 Å². The number of hydrogen-bond acceptors (Lipinski definition) is 2. The Morgan fingerprint density at radius 1 is 1.53 bits per heavy atom. The third-order valence-electron chi connectivity index (χ3n) is 3.11. The lowest BCUT2D eigenvalue weighted by molar-refractivity contribution is -0.131. The topological polar surface area (TPSA) is 32.3 Å². The highest BCUT2D eigenvalue weighted by atomic mass is 16.2. The van der Waals surface area contributed by atoms with Gasteiger partial charge in [-0.3, -0.25) is 4.79 Å². The first-order valence-electron chi connectivity index (χ1n) is 6.14. The highest BCUT2D eigenvalue weighted by Crippen LogP contribution is 2.18. The second kappa shape index (κ2) is 6.11. The van der Waals surface area contributed by atoms with Crippen molar-refractivity contribution in [2.24, 2.45) is 0 Å². The molecule has 1 fully saturated rings. The van der Waals surface area contributed by atoms with Gasteiger partial charge in [-0.05, 0) is 26.2 Å². The van der Waals surface area contributed by atoms with Gasteiger partial charge in [0, 0.05) is 32.1 Å². The first kappa shape index (κ1) is 12.5. The summed E-state index contributed by atoms with van der Waals surface area (Å²) in [6.07, 6.45) is 5.45. The molecule has 0 aromatic rings. The van der Waals surface area contributed by atoms with Crippen molar-refractivity contribution in [1.82, 2.24) is 10.2 Å². The number of amides is 1. The van der Waals surface area contributed by atoms with E-state index in [2.05, 4.69) is 19.2 Å². The van der Waals surface area contributed by atoms with Gasteiger partial charge in [0.2, 0.25) is 5.91 Å². The molecule has 88 valence electrons. The van der Waals surface area contributed by atoms with Crippen molar-refractivity contribution in [2.75, 3.05) is 13.6 Å². The molecule has 3 nitrogen and oxygen atoms in total. The average molecular weight is 212 g/mol. The van der Waals surface area contributed by atoms with Crippen LogP contribution in [0.2, 0.25) is 0 Å². The molecule has 1 unspecified atom stereocenters. The summed E-state index contributed by atoms with van der Waals surface area (Å²) in [5.74, 6) is 0.268. The molecule has 0 heterocycles. The minimum absolute atomic E-state index is 0.268. The summed E-state index contributed by atoms with van der Waals surface area (Å²) in [4.78, 5) is 13.6. The van der Waals surface area contributed by atoms with Crippen molar-refractivity contribution in [1.29, 1.82) is 0 Å². The minimum atomic E-state index is 0.268. The number of nitrogens with one attached hydrogen (secondary N) is 1. The van der Waals surface area contributed by atoms with Crippen molar-refractivity contribution in [3.8, 4) is 0 Å². The van der Waals surface area contributed by atoms with Crippen molar-refractivity contribution in [3.63, 3.8) is 0 Å². The minimum Gasteiger partial charge on any atom is -0.343 e. The van der Waals surface area contributed by atoms with E-state index in [9.17, 15) is 4.79 Å². The Bertz CT molecular complexity index is 202. The quantitative estimate of drug-likeness (QED) is 0.697. The van der Waals surface area contributed by atoms with E-state index in [0.717, 1.165) is 19.4 Å². The van der Waals surface area contributed by atoms with E-state index in [4.69, 9.17) is 0 Å². The predicted molar refractivity (Wildman–Crippen MR) is 62.8 cm³/mol. The maximum atomic E-state index is 11.7. The van der Waals surface area contributed by atoms with Gasteiger partial charge in [-0.2, -0.15) is 0 Å². The lowest BCUT2D eigenvalue weighted by Crippen LogP contribution is -2.36. The van der Waals surface area contributed by atoms with E-state index in [1.165, 1.54) is 12.8 Å². The predicted octanol–water partition coefficient (Wildman–Crippen LogP) is 1.78. The smallest absolute Gasteiger partial charge is 0.223 e.